The Kier molecular flexibility index (Phi) is 39.8. The first kappa shape index (κ1) is 52.4. The monoisotopic (exact) mass is 765 g/mol. The molecule has 0 saturated heterocycles. The van der Waals surface area contributed by atoms with Crippen molar-refractivity contribution in [3.05, 3.63) is 0 Å². The van der Waals surface area contributed by atoms with E-state index in [0.717, 1.165) is 69.6 Å². The maximum atomic E-state index is 12.7. The van der Waals surface area contributed by atoms with E-state index < -0.39 is 6.10 Å². The summed E-state index contributed by atoms with van der Waals surface area (Å²) in [6.07, 6.45) is 39.5. The Morgan fingerprint density at radius 3 is 0.907 bits per heavy atom. The molecule has 54 heavy (non-hydrogen) atoms. The zero-order chi connectivity index (χ0) is 39.7. The van der Waals surface area contributed by atoms with Crippen molar-refractivity contribution < 1.29 is 28.6 Å². The molecule has 0 bridgehead atoms. The van der Waals surface area contributed by atoms with E-state index in [1.807, 2.05) is 0 Å². The number of carbonyl (C=O) groups excluding carboxylic acids is 3. The molecule has 0 aliphatic rings. The molecule has 1 atom stereocenters. The highest BCUT2D eigenvalue weighted by Gasteiger charge is 2.19. The van der Waals surface area contributed by atoms with Gasteiger partial charge in [0.15, 0.2) is 6.10 Å². The molecule has 0 amide bonds. The quantitative estimate of drug-likeness (QED) is 0.0350. The van der Waals surface area contributed by atoms with E-state index in [0.29, 0.717) is 19.3 Å². The van der Waals surface area contributed by atoms with Crippen LogP contribution in [0.3, 0.4) is 0 Å². The lowest BCUT2D eigenvalue weighted by atomic mass is 10.0. The summed E-state index contributed by atoms with van der Waals surface area (Å²) in [4.78, 5) is 37.7. The van der Waals surface area contributed by atoms with E-state index in [2.05, 4.69) is 34.6 Å². The van der Waals surface area contributed by atoms with Crippen LogP contribution in [-0.4, -0.2) is 37.2 Å². The number of unbranched alkanes of at least 4 members (excludes halogenated alkanes) is 27. The molecule has 0 fully saturated rings. The van der Waals surface area contributed by atoms with Crippen molar-refractivity contribution in [2.45, 2.75) is 265 Å². The molecule has 6 heteroatoms. The minimum Gasteiger partial charge on any atom is -0.462 e. The first-order valence-electron chi connectivity index (χ1n) is 23.7. The summed E-state index contributed by atoms with van der Waals surface area (Å²) in [6, 6.07) is 0. The van der Waals surface area contributed by atoms with Gasteiger partial charge in [-0.25, -0.2) is 0 Å². The van der Waals surface area contributed by atoms with E-state index in [1.165, 1.54) is 148 Å². The predicted octanol–water partition coefficient (Wildman–Crippen LogP) is 15.0. The molecular formula is C48H92O6. The Morgan fingerprint density at radius 2 is 0.611 bits per heavy atom. The Labute approximate surface area is 336 Å². The van der Waals surface area contributed by atoms with Crippen LogP contribution in [0.1, 0.15) is 259 Å². The number of ether oxygens (including phenoxy) is 3. The predicted molar refractivity (Wildman–Crippen MR) is 229 cm³/mol. The van der Waals surface area contributed by atoms with Crippen molar-refractivity contribution in [2.24, 2.45) is 11.8 Å². The van der Waals surface area contributed by atoms with Gasteiger partial charge in [-0.3, -0.25) is 14.4 Å². The maximum absolute atomic E-state index is 12.7. The summed E-state index contributed by atoms with van der Waals surface area (Å²) in [7, 11) is 0. The average molecular weight is 765 g/mol. The van der Waals surface area contributed by atoms with Gasteiger partial charge in [-0.05, 0) is 31.1 Å². The van der Waals surface area contributed by atoms with E-state index in [4.69, 9.17) is 14.2 Å². The van der Waals surface area contributed by atoms with E-state index >= 15 is 0 Å². The van der Waals surface area contributed by atoms with Crippen molar-refractivity contribution in [1.82, 2.24) is 0 Å². The molecule has 0 N–H and O–H groups in total. The highest BCUT2D eigenvalue weighted by Crippen LogP contribution is 2.17. The topological polar surface area (TPSA) is 78.9 Å². The first-order chi connectivity index (χ1) is 26.2. The van der Waals surface area contributed by atoms with Gasteiger partial charge in [-0.15, -0.1) is 0 Å². The van der Waals surface area contributed by atoms with Crippen LogP contribution in [0.4, 0.5) is 0 Å². The normalized spacial score (nSPS) is 12.1. The second-order valence-corrected chi connectivity index (χ2v) is 17.3. The summed E-state index contributed by atoms with van der Waals surface area (Å²) in [5.74, 6) is 0.770. The minimum absolute atomic E-state index is 0.0648. The number of hydrogen-bond donors (Lipinski definition) is 0. The van der Waals surface area contributed by atoms with Crippen molar-refractivity contribution in [3.8, 4) is 0 Å². The molecule has 0 aliphatic carbocycles. The number of carbonyl (C=O) groups is 3. The molecule has 0 aromatic carbocycles. The molecule has 0 heterocycles. The molecule has 0 aliphatic heterocycles. The van der Waals surface area contributed by atoms with Crippen LogP contribution in [0.2, 0.25) is 0 Å². The summed E-state index contributed by atoms with van der Waals surface area (Å²) in [6.45, 7) is 11.3. The molecule has 0 rings (SSSR count). The van der Waals surface area contributed by atoms with Gasteiger partial charge in [0.25, 0.3) is 0 Å². The fourth-order valence-electron chi connectivity index (χ4n) is 7.11. The van der Waals surface area contributed by atoms with Crippen LogP contribution in [-0.2, 0) is 28.6 Å². The SMILES string of the molecule is CCCCCCCCCCCCC(=O)OC[C@H](COC(=O)CCCCCCCCCCCCCCC(C)C)OC(=O)CCCCCCCCCCC(C)C. The van der Waals surface area contributed by atoms with Crippen LogP contribution in [0.5, 0.6) is 0 Å². The third-order valence-corrected chi connectivity index (χ3v) is 10.7. The van der Waals surface area contributed by atoms with Crippen LogP contribution < -0.4 is 0 Å². The van der Waals surface area contributed by atoms with Crippen molar-refractivity contribution in [2.75, 3.05) is 13.2 Å². The lowest BCUT2D eigenvalue weighted by Crippen LogP contribution is -2.30. The Balaban J connectivity index is 4.30. The van der Waals surface area contributed by atoms with Crippen LogP contribution in [0, 0.1) is 11.8 Å². The number of hydrogen-bond acceptors (Lipinski definition) is 6. The van der Waals surface area contributed by atoms with E-state index in [-0.39, 0.29) is 31.1 Å². The van der Waals surface area contributed by atoms with Crippen LogP contribution in [0.15, 0.2) is 0 Å². The zero-order valence-corrected chi connectivity index (χ0v) is 36.8. The lowest BCUT2D eigenvalue weighted by Gasteiger charge is -2.18. The van der Waals surface area contributed by atoms with Crippen molar-refractivity contribution in [3.63, 3.8) is 0 Å². The molecule has 320 valence electrons. The Hall–Kier alpha value is -1.59. The molecule has 0 unspecified atom stereocenters. The second-order valence-electron chi connectivity index (χ2n) is 17.3. The fraction of sp³-hybridized carbons (Fsp3) is 0.938. The van der Waals surface area contributed by atoms with E-state index in [9.17, 15) is 14.4 Å². The molecule has 6 nitrogen and oxygen atoms in total. The molecule has 0 saturated carbocycles. The lowest BCUT2D eigenvalue weighted by molar-refractivity contribution is -0.167. The highest BCUT2D eigenvalue weighted by atomic mass is 16.6. The van der Waals surface area contributed by atoms with Gasteiger partial charge < -0.3 is 14.2 Å². The Bertz CT molecular complexity index is 824. The van der Waals surface area contributed by atoms with Crippen molar-refractivity contribution >= 4 is 17.9 Å². The van der Waals surface area contributed by atoms with Crippen molar-refractivity contribution in [1.29, 1.82) is 0 Å². The number of rotatable bonds is 42. The smallest absolute Gasteiger partial charge is 0.306 e. The molecule has 0 spiro atoms. The van der Waals surface area contributed by atoms with Gasteiger partial charge in [0.2, 0.25) is 0 Å². The van der Waals surface area contributed by atoms with Gasteiger partial charge >= 0.3 is 17.9 Å². The highest BCUT2D eigenvalue weighted by molar-refractivity contribution is 5.71. The Morgan fingerprint density at radius 1 is 0.352 bits per heavy atom. The minimum atomic E-state index is -0.760. The molecule has 0 radical (unpaired) electrons. The second kappa shape index (κ2) is 41.1. The largest absolute Gasteiger partial charge is 0.462 e. The third kappa shape index (κ3) is 41.6. The fourth-order valence-corrected chi connectivity index (χ4v) is 7.11. The van der Waals surface area contributed by atoms with Gasteiger partial charge in [0.1, 0.15) is 13.2 Å². The maximum Gasteiger partial charge on any atom is 0.306 e. The number of esters is 3. The third-order valence-electron chi connectivity index (χ3n) is 10.7. The summed E-state index contributed by atoms with van der Waals surface area (Å²) in [5.41, 5.74) is 0. The van der Waals surface area contributed by atoms with Gasteiger partial charge in [0.05, 0.1) is 0 Å². The first-order valence-corrected chi connectivity index (χ1v) is 23.7. The molecular weight excluding hydrogens is 673 g/mol. The van der Waals surface area contributed by atoms with Crippen LogP contribution in [0.25, 0.3) is 0 Å². The van der Waals surface area contributed by atoms with Gasteiger partial charge in [-0.2, -0.15) is 0 Å². The summed E-state index contributed by atoms with van der Waals surface area (Å²) >= 11 is 0. The van der Waals surface area contributed by atoms with Gasteiger partial charge in [0, 0.05) is 19.3 Å². The molecule has 0 aromatic rings. The average Bonchev–Trinajstić information content (AvgIpc) is 3.14. The molecule has 0 aromatic heterocycles. The zero-order valence-electron chi connectivity index (χ0n) is 36.8. The van der Waals surface area contributed by atoms with Gasteiger partial charge in [-0.1, -0.05) is 221 Å². The summed E-state index contributed by atoms with van der Waals surface area (Å²) in [5, 5.41) is 0. The summed E-state index contributed by atoms with van der Waals surface area (Å²) < 4.78 is 16.7. The van der Waals surface area contributed by atoms with E-state index in [1.54, 1.807) is 0 Å². The van der Waals surface area contributed by atoms with Crippen LogP contribution >= 0.6 is 0 Å². The standard InChI is InChI=1S/C48H92O6/c1-6-7-8-9-10-11-17-23-28-33-38-46(49)52-41-45(54-48(51)40-35-30-25-20-19-22-27-32-37-44(4)5)42-53-47(50)39-34-29-24-18-15-13-12-14-16-21-26-31-36-43(2)3/h43-45H,6-42H2,1-5H3/t45-/m1/s1.